The first kappa shape index (κ1) is 16.3. The van der Waals surface area contributed by atoms with Crippen molar-refractivity contribution in [3.63, 3.8) is 0 Å². The van der Waals surface area contributed by atoms with E-state index in [4.69, 9.17) is 0 Å². The highest BCUT2D eigenvalue weighted by Gasteiger charge is 2.55. The molecule has 1 aromatic rings. The van der Waals surface area contributed by atoms with Gasteiger partial charge < -0.3 is 15.7 Å². The number of carbonyl (C=O) groups is 3. The van der Waals surface area contributed by atoms with E-state index >= 15 is 0 Å². The highest BCUT2D eigenvalue weighted by Crippen LogP contribution is 2.38. The van der Waals surface area contributed by atoms with Crippen molar-refractivity contribution in [1.29, 1.82) is 0 Å². The molecule has 2 atom stereocenters. The number of anilines is 1. The number of urea groups is 1. The van der Waals surface area contributed by atoms with Gasteiger partial charge >= 0.3 is 6.03 Å². The summed E-state index contributed by atoms with van der Waals surface area (Å²) < 4.78 is 0. The number of phenols is 1. The lowest BCUT2D eigenvalue weighted by molar-refractivity contribution is -0.136. The fourth-order valence-corrected chi connectivity index (χ4v) is 3.55. The Morgan fingerprint density at radius 1 is 1.38 bits per heavy atom. The molecule has 0 radical (unpaired) electrons. The Hall–Kier alpha value is -2.57. The lowest BCUT2D eigenvalue weighted by Gasteiger charge is -2.36. The summed E-state index contributed by atoms with van der Waals surface area (Å²) in [5.41, 5.74) is -0.625. The summed E-state index contributed by atoms with van der Waals surface area (Å²) in [6.45, 7) is 1.59. The van der Waals surface area contributed by atoms with Crippen molar-refractivity contribution < 1.29 is 19.5 Å². The van der Waals surface area contributed by atoms with Gasteiger partial charge in [0.05, 0.1) is 5.69 Å². The predicted octanol–water partition coefficient (Wildman–Crippen LogP) is 1.83. The number of rotatable bonds is 3. The van der Waals surface area contributed by atoms with Gasteiger partial charge in [-0.05, 0) is 30.9 Å². The number of nitrogens with zero attached hydrogens (tertiary/aromatic N) is 1. The van der Waals surface area contributed by atoms with E-state index in [0.717, 1.165) is 24.2 Å². The molecular weight excluding hydrogens is 310 g/mol. The van der Waals surface area contributed by atoms with Crippen molar-refractivity contribution in [3.05, 3.63) is 24.3 Å². The van der Waals surface area contributed by atoms with Crippen LogP contribution in [0.1, 0.15) is 32.6 Å². The third-order valence-corrected chi connectivity index (χ3v) is 4.98. The zero-order chi connectivity index (χ0) is 17.3. The number of amides is 4. The van der Waals surface area contributed by atoms with E-state index in [-0.39, 0.29) is 29.8 Å². The lowest BCUT2D eigenvalue weighted by Crippen LogP contribution is -2.54. The summed E-state index contributed by atoms with van der Waals surface area (Å²) in [6.07, 6.45) is 3.41. The van der Waals surface area contributed by atoms with E-state index in [0.29, 0.717) is 6.42 Å². The molecule has 1 aromatic carbocycles. The fraction of sp³-hybridized carbons (Fsp3) is 0.471. The fourth-order valence-electron chi connectivity index (χ4n) is 3.55. The normalized spacial score (nSPS) is 26.5. The molecule has 2 aliphatic rings. The van der Waals surface area contributed by atoms with Crippen LogP contribution in [-0.4, -0.2) is 39.9 Å². The maximum absolute atomic E-state index is 12.8. The van der Waals surface area contributed by atoms with E-state index < -0.39 is 17.5 Å². The summed E-state index contributed by atoms with van der Waals surface area (Å²) in [4.78, 5) is 38.1. The SMILES string of the molecule is CC1CCCCC12NC(=O)N(CC(=O)Nc1ccccc1O)C2=O. The third kappa shape index (κ3) is 2.70. The molecule has 4 amide bonds. The van der Waals surface area contributed by atoms with Crippen LogP contribution in [0.25, 0.3) is 0 Å². The van der Waals surface area contributed by atoms with Crippen molar-refractivity contribution in [2.24, 2.45) is 5.92 Å². The molecule has 0 bridgehead atoms. The Kier molecular flexibility index (Phi) is 4.17. The second kappa shape index (κ2) is 6.14. The number of benzene rings is 1. The zero-order valence-corrected chi connectivity index (χ0v) is 13.5. The molecule has 128 valence electrons. The average molecular weight is 331 g/mol. The quantitative estimate of drug-likeness (QED) is 0.581. The number of hydrogen-bond acceptors (Lipinski definition) is 4. The molecule has 3 N–H and O–H groups in total. The van der Waals surface area contributed by atoms with Gasteiger partial charge in [-0.1, -0.05) is 31.9 Å². The summed E-state index contributed by atoms with van der Waals surface area (Å²) in [6, 6.07) is 5.77. The van der Waals surface area contributed by atoms with E-state index in [2.05, 4.69) is 10.6 Å². The lowest BCUT2D eigenvalue weighted by atomic mass is 9.73. The number of imide groups is 1. The van der Waals surface area contributed by atoms with Crippen molar-refractivity contribution in [2.75, 3.05) is 11.9 Å². The van der Waals surface area contributed by atoms with Crippen LogP contribution in [0.5, 0.6) is 5.75 Å². The largest absolute Gasteiger partial charge is 0.506 e. The number of para-hydroxylation sites is 2. The zero-order valence-electron chi connectivity index (χ0n) is 13.5. The molecule has 1 spiro atoms. The number of phenolic OH excluding ortho intramolecular Hbond substituents is 1. The monoisotopic (exact) mass is 331 g/mol. The molecule has 1 heterocycles. The molecule has 3 rings (SSSR count). The Balaban J connectivity index is 1.71. The second-order valence-corrected chi connectivity index (χ2v) is 6.50. The maximum Gasteiger partial charge on any atom is 0.325 e. The Morgan fingerprint density at radius 2 is 2.12 bits per heavy atom. The summed E-state index contributed by atoms with van der Waals surface area (Å²) in [7, 11) is 0. The second-order valence-electron chi connectivity index (χ2n) is 6.50. The number of carbonyl (C=O) groups excluding carboxylic acids is 3. The average Bonchev–Trinajstić information content (AvgIpc) is 2.78. The van der Waals surface area contributed by atoms with E-state index in [1.54, 1.807) is 18.2 Å². The van der Waals surface area contributed by atoms with Gasteiger partial charge in [-0.25, -0.2) is 4.79 Å². The minimum atomic E-state index is -0.871. The van der Waals surface area contributed by atoms with Gasteiger partial charge in [-0.2, -0.15) is 0 Å². The van der Waals surface area contributed by atoms with Crippen LogP contribution in [-0.2, 0) is 9.59 Å². The molecule has 1 saturated carbocycles. The Labute approximate surface area is 140 Å². The minimum Gasteiger partial charge on any atom is -0.506 e. The van der Waals surface area contributed by atoms with Crippen LogP contribution in [0.15, 0.2) is 24.3 Å². The number of nitrogens with one attached hydrogen (secondary N) is 2. The third-order valence-electron chi connectivity index (χ3n) is 4.98. The van der Waals surface area contributed by atoms with Crippen molar-refractivity contribution in [1.82, 2.24) is 10.2 Å². The van der Waals surface area contributed by atoms with Crippen molar-refractivity contribution >= 4 is 23.5 Å². The van der Waals surface area contributed by atoms with Gasteiger partial charge in [-0.3, -0.25) is 14.5 Å². The number of aromatic hydroxyl groups is 1. The number of hydrogen-bond donors (Lipinski definition) is 3. The van der Waals surface area contributed by atoms with Crippen LogP contribution in [0.4, 0.5) is 10.5 Å². The first-order valence-electron chi connectivity index (χ1n) is 8.16. The van der Waals surface area contributed by atoms with Crippen LogP contribution in [0.2, 0.25) is 0 Å². The van der Waals surface area contributed by atoms with Gasteiger partial charge in [0.1, 0.15) is 17.8 Å². The van der Waals surface area contributed by atoms with Crippen LogP contribution in [0.3, 0.4) is 0 Å². The first-order chi connectivity index (χ1) is 11.4. The molecule has 0 aromatic heterocycles. The minimum absolute atomic E-state index is 0.0499. The molecule has 7 heteroatoms. The van der Waals surface area contributed by atoms with Gasteiger partial charge in [0, 0.05) is 0 Å². The van der Waals surface area contributed by atoms with E-state index in [9.17, 15) is 19.5 Å². The highest BCUT2D eigenvalue weighted by atomic mass is 16.3. The van der Waals surface area contributed by atoms with Gasteiger partial charge in [-0.15, -0.1) is 0 Å². The summed E-state index contributed by atoms with van der Waals surface area (Å²) in [5.74, 6) is -0.873. The molecule has 7 nitrogen and oxygen atoms in total. The Morgan fingerprint density at radius 3 is 2.83 bits per heavy atom. The smallest absolute Gasteiger partial charge is 0.325 e. The van der Waals surface area contributed by atoms with Crippen LogP contribution in [0, 0.1) is 5.92 Å². The van der Waals surface area contributed by atoms with E-state index in [1.165, 1.54) is 6.07 Å². The molecule has 24 heavy (non-hydrogen) atoms. The predicted molar refractivity (Wildman–Crippen MR) is 87.3 cm³/mol. The molecule has 1 aliphatic heterocycles. The van der Waals surface area contributed by atoms with Gasteiger partial charge in [0.25, 0.3) is 5.91 Å². The van der Waals surface area contributed by atoms with E-state index in [1.807, 2.05) is 6.92 Å². The van der Waals surface area contributed by atoms with Crippen molar-refractivity contribution in [2.45, 2.75) is 38.1 Å². The summed E-state index contributed by atoms with van der Waals surface area (Å²) in [5, 5.41) is 15.0. The molecule has 2 fully saturated rings. The maximum atomic E-state index is 12.8. The van der Waals surface area contributed by atoms with Crippen LogP contribution >= 0.6 is 0 Å². The standard InChI is InChI=1S/C17H21N3O4/c1-11-6-4-5-9-17(11)15(23)20(16(24)19-17)10-14(22)18-12-7-2-3-8-13(12)21/h2-3,7-8,11,21H,4-6,9-10H2,1H3,(H,18,22)(H,19,24). The van der Waals surface area contributed by atoms with Crippen molar-refractivity contribution in [3.8, 4) is 5.75 Å². The first-order valence-corrected chi connectivity index (χ1v) is 8.16. The molecule has 2 unspecified atom stereocenters. The molecule has 1 saturated heterocycles. The summed E-state index contributed by atoms with van der Waals surface area (Å²) >= 11 is 0. The van der Waals surface area contributed by atoms with Gasteiger partial charge in [0.2, 0.25) is 5.91 Å². The topological polar surface area (TPSA) is 98.7 Å². The highest BCUT2D eigenvalue weighted by molar-refractivity contribution is 6.10. The molecular formula is C17H21N3O4. The molecule has 1 aliphatic carbocycles. The van der Waals surface area contributed by atoms with Crippen LogP contribution < -0.4 is 10.6 Å². The Bertz CT molecular complexity index is 690. The van der Waals surface area contributed by atoms with Gasteiger partial charge in [0.15, 0.2) is 0 Å².